The predicted molar refractivity (Wildman–Crippen MR) is 162 cm³/mol. The number of rotatable bonds is 11. The topological polar surface area (TPSA) is 127 Å². The zero-order chi connectivity index (χ0) is 32.0. The molecule has 9 nitrogen and oxygen atoms in total. The van der Waals surface area contributed by atoms with Gasteiger partial charge in [0.05, 0.1) is 29.0 Å². The number of carbonyl (C=O) groups excluding carboxylic acids is 4. The molecule has 5 atom stereocenters. The van der Waals surface area contributed by atoms with Crippen molar-refractivity contribution in [2.24, 2.45) is 39.4 Å². The molecule has 0 radical (unpaired) electrons. The van der Waals surface area contributed by atoms with Gasteiger partial charge in [-0.1, -0.05) is 40.2 Å². The summed E-state index contributed by atoms with van der Waals surface area (Å²) in [6, 6.07) is -0.734. The fourth-order valence-corrected chi connectivity index (χ4v) is 10.2. The molecule has 0 aromatic heterocycles. The minimum Gasteiger partial charge on any atom is -0.460 e. The van der Waals surface area contributed by atoms with E-state index in [4.69, 9.17) is 4.74 Å². The molecule has 240 valence electrons. The van der Waals surface area contributed by atoms with E-state index in [2.05, 4.69) is 25.1 Å². The van der Waals surface area contributed by atoms with Gasteiger partial charge in [-0.25, -0.2) is 8.42 Å². The van der Waals surface area contributed by atoms with Crippen LogP contribution in [-0.2, 0) is 33.9 Å². The van der Waals surface area contributed by atoms with Crippen LogP contribution in [0.5, 0.6) is 0 Å². The van der Waals surface area contributed by atoms with Crippen molar-refractivity contribution in [3.05, 3.63) is 12.7 Å². The molecule has 1 heterocycles. The highest BCUT2D eigenvalue weighted by Crippen LogP contribution is 2.88. The van der Waals surface area contributed by atoms with Gasteiger partial charge in [0.15, 0.2) is 5.78 Å². The number of ketones is 1. The lowest BCUT2D eigenvalue weighted by Gasteiger charge is -2.32. The smallest absolute Gasteiger partial charge is 0.307 e. The second-order valence-corrected chi connectivity index (χ2v) is 18.0. The van der Waals surface area contributed by atoms with Gasteiger partial charge in [-0.15, -0.1) is 6.58 Å². The Morgan fingerprint density at radius 1 is 1.07 bits per heavy atom. The van der Waals surface area contributed by atoms with Crippen molar-refractivity contribution < 1.29 is 32.3 Å². The summed E-state index contributed by atoms with van der Waals surface area (Å²) in [5, 5.41) is -0.554. The van der Waals surface area contributed by atoms with Gasteiger partial charge >= 0.3 is 5.97 Å². The van der Waals surface area contributed by atoms with E-state index in [1.165, 1.54) is 0 Å². The number of hydrogen-bond donors (Lipinski definition) is 1. The normalized spacial score (nSPS) is 32.7. The molecule has 0 aromatic rings. The van der Waals surface area contributed by atoms with Crippen molar-refractivity contribution in [1.82, 2.24) is 9.62 Å². The van der Waals surface area contributed by atoms with Gasteiger partial charge in [0, 0.05) is 18.4 Å². The SMILES string of the molecule is C=C[C@@H]1C[C@]1(CC(=O)[C@@H]1C[C@@]2(CN1C(=O)[C@@H](CC(=O)OC(C)(C)C)C(C)C)C(C)(C)C21CCC1)C(=O)NS(=O)(=O)C1CC1. The zero-order valence-electron chi connectivity index (χ0n) is 27.0. The van der Waals surface area contributed by atoms with Crippen LogP contribution < -0.4 is 4.72 Å². The van der Waals surface area contributed by atoms with Crippen LogP contribution in [0.4, 0.5) is 0 Å². The molecule has 2 spiro atoms. The Hall–Kier alpha value is -2.23. The minimum atomic E-state index is -3.77. The Kier molecular flexibility index (Phi) is 7.59. The Bertz CT molecular complexity index is 1340. The van der Waals surface area contributed by atoms with Crippen molar-refractivity contribution in [3.63, 3.8) is 0 Å². The third kappa shape index (κ3) is 5.07. The first-order valence-corrected chi connectivity index (χ1v) is 17.6. The fourth-order valence-electron chi connectivity index (χ4n) is 8.81. The lowest BCUT2D eigenvalue weighted by atomic mass is 9.73. The van der Waals surface area contributed by atoms with Crippen molar-refractivity contribution in [1.29, 1.82) is 0 Å². The Labute approximate surface area is 257 Å². The van der Waals surface area contributed by atoms with Crippen LogP contribution in [0.15, 0.2) is 12.7 Å². The maximum Gasteiger partial charge on any atom is 0.307 e. The van der Waals surface area contributed by atoms with Crippen molar-refractivity contribution in [2.75, 3.05) is 6.54 Å². The molecular formula is C33H50N2O7S. The summed E-state index contributed by atoms with van der Waals surface area (Å²) >= 11 is 0. The van der Waals surface area contributed by atoms with Crippen LogP contribution in [0.1, 0.15) is 106 Å². The minimum absolute atomic E-state index is 0.0407. The summed E-state index contributed by atoms with van der Waals surface area (Å²) in [5.74, 6) is -2.65. The number of likely N-dealkylation sites (tertiary alicyclic amines) is 1. The molecule has 5 aliphatic rings. The van der Waals surface area contributed by atoms with E-state index in [1.807, 2.05) is 13.8 Å². The zero-order valence-corrected chi connectivity index (χ0v) is 27.8. The third-order valence-corrected chi connectivity index (χ3v) is 13.8. The Morgan fingerprint density at radius 3 is 2.14 bits per heavy atom. The van der Waals surface area contributed by atoms with E-state index in [0.29, 0.717) is 32.2 Å². The van der Waals surface area contributed by atoms with E-state index in [-0.39, 0.29) is 52.6 Å². The molecule has 5 rings (SSSR count). The summed E-state index contributed by atoms with van der Waals surface area (Å²) in [6.45, 7) is 18.0. The van der Waals surface area contributed by atoms with Gasteiger partial charge in [0.2, 0.25) is 21.8 Å². The van der Waals surface area contributed by atoms with Crippen LogP contribution in [-0.4, -0.2) is 60.3 Å². The second-order valence-electron chi connectivity index (χ2n) is 16.0. The number of amides is 2. The molecule has 0 unspecified atom stereocenters. The van der Waals surface area contributed by atoms with E-state index >= 15 is 0 Å². The number of sulfonamides is 1. The van der Waals surface area contributed by atoms with Crippen LogP contribution in [0.25, 0.3) is 0 Å². The fraction of sp³-hybridized carbons (Fsp3) is 0.818. The van der Waals surface area contributed by atoms with Gasteiger partial charge < -0.3 is 9.64 Å². The molecule has 5 fully saturated rings. The van der Waals surface area contributed by atoms with Crippen LogP contribution in [0.2, 0.25) is 0 Å². The summed E-state index contributed by atoms with van der Waals surface area (Å²) < 4.78 is 33.0. The van der Waals surface area contributed by atoms with Crippen molar-refractivity contribution >= 4 is 33.6 Å². The Balaban J connectivity index is 1.41. The quantitative estimate of drug-likeness (QED) is 0.266. The number of carbonyl (C=O) groups is 4. The third-order valence-electron chi connectivity index (χ3n) is 12.0. The number of allylic oxidation sites excluding steroid dienone is 1. The molecule has 10 heteroatoms. The first kappa shape index (κ1) is 32.2. The largest absolute Gasteiger partial charge is 0.460 e. The predicted octanol–water partition coefficient (Wildman–Crippen LogP) is 4.55. The van der Waals surface area contributed by atoms with Gasteiger partial charge in [-0.2, -0.15) is 0 Å². The molecule has 4 saturated carbocycles. The van der Waals surface area contributed by atoms with Gasteiger partial charge in [-0.05, 0) is 82.0 Å². The van der Waals surface area contributed by atoms with Crippen molar-refractivity contribution in [2.45, 2.75) is 123 Å². The van der Waals surface area contributed by atoms with E-state index in [0.717, 1.165) is 19.3 Å². The molecule has 1 N–H and O–H groups in total. The second kappa shape index (κ2) is 10.1. The van der Waals surface area contributed by atoms with Gasteiger partial charge in [0.25, 0.3) is 0 Å². The first-order chi connectivity index (χ1) is 19.8. The summed E-state index contributed by atoms with van der Waals surface area (Å²) in [7, 11) is -3.77. The number of hydrogen-bond acceptors (Lipinski definition) is 7. The van der Waals surface area contributed by atoms with Crippen molar-refractivity contribution in [3.8, 4) is 0 Å². The van der Waals surface area contributed by atoms with Crippen LogP contribution >= 0.6 is 0 Å². The van der Waals surface area contributed by atoms with Crippen LogP contribution in [0, 0.1) is 39.4 Å². The van der Waals surface area contributed by atoms with E-state index in [9.17, 15) is 27.6 Å². The monoisotopic (exact) mass is 618 g/mol. The van der Waals surface area contributed by atoms with E-state index in [1.54, 1.807) is 31.7 Å². The molecule has 1 aliphatic heterocycles. The lowest BCUT2D eigenvalue weighted by molar-refractivity contribution is -0.159. The average molecular weight is 619 g/mol. The summed E-state index contributed by atoms with van der Waals surface area (Å²) in [5.41, 5.74) is -2.01. The molecular weight excluding hydrogens is 568 g/mol. The number of esters is 1. The Morgan fingerprint density at radius 2 is 1.70 bits per heavy atom. The lowest BCUT2D eigenvalue weighted by Crippen LogP contribution is -2.47. The maximum atomic E-state index is 14.3. The summed E-state index contributed by atoms with van der Waals surface area (Å²) in [6.07, 6.45) is 6.60. The van der Waals surface area contributed by atoms with Gasteiger partial charge in [0.1, 0.15) is 5.60 Å². The molecule has 0 aromatic carbocycles. The number of nitrogens with zero attached hydrogens (tertiary/aromatic N) is 1. The molecule has 43 heavy (non-hydrogen) atoms. The highest BCUT2D eigenvalue weighted by Gasteiger charge is 2.85. The number of fused-ring (bicyclic) bond motifs is 1. The molecule has 1 saturated heterocycles. The number of nitrogens with one attached hydrogen (secondary N) is 1. The first-order valence-electron chi connectivity index (χ1n) is 16.0. The summed E-state index contributed by atoms with van der Waals surface area (Å²) in [4.78, 5) is 56.6. The number of Topliss-reactive ketones (excluding diaryl/α,β-unsaturated/α-hetero) is 1. The average Bonchev–Trinajstić information content (AvgIpc) is 3.78. The highest BCUT2D eigenvalue weighted by atomic mass is 32.2. The highest BCUT2D eigenvalue weighted by molar-refractivity contribution is 7.90. The number of ether oxygens (including phenoxy) is 1. The molecule has 4 aliphatic carbocycles. The molecule has 0 bridgehead atoms. The maximum absolute atomic E-state index is 14.3. The molecule has 2 amide bonds. The van der Waals surface area contributed by atoms with Gasteiger partial charge in [-0.3, -0.25) is 23.9 Å². The van der Waals surface area contributed by atoms with Crippen LogP contribution in [0.3, 0.4) is 0 Å². The standard InChI is InChI=1S/C33H50N2O7S/c1-9-21-16-31(21,28(39)34-43(40,41)22-11-12-22)18-25(36)24-17-33(30(7,8)32(33)13-10-14-32)19-35(24)27(38)23(20(2)3)15-26(37)42-29(4,5)6/h9,20-24H,1,10-19H2,2-8H3,(H,34,39)/t21-,23+,24+,31-,33-/m1/s1. The van der Waals surface area contributed by atoms with E-state index < -0.39 is 50.1 Å².